The topological polar surface area (TPSA) is 53.2 Å². The first-order chi connectivity index (χ1) is 10.2. The van der Waals surface area contributed by atoms with Crippen molar-refractivity contribution >= 4 is 5.78 Å². The van der Waals surface area contributed by atoms with Crippen LogP contribution in [0, 0.1) is 0 Å². The molecule has 0 amide bonds. The highest BCUT2D eigenvalue weighted by Gasteiger charge is 2.16. The van der Waals surface area contributed by atoms with E-state index in [1.807, 2.05) is 7.05 Å². The summed E-state index contributed by atoms with van der Waals surface area (Å²) >= 11 is 0. The van der Waals surface area contributed by atoms with Crippen LogP contribution in [-0.4, -0.2) is 44.5 Å². The number of hydrogen-bond donors (Lipinski definition) is 3. The molecule has 0 aliphatic carbocycles. The van der Waals surface area contributed by atoms with Crippen molar-refractivity contribution in [2.24, 2.45) is 0 Å². The van der Waals surface area contributed by atoms with E-state index in [1.54, 1.807) is 0 Å². The van der Waals surface area contributed by atoms with Crippen molar-refractivity contribution < 1.29 is 4.79 Å². The molecule has 3 N–H and O–H groups in total. The van der Waals surface area contributed by atoms with Crippen LogP contribution in [0.3, 0.4) is 0 Å². The monoisotopic (exact) mass is 299 g/mol. The number of hydrogen-bond acceptors (Lipinski definition) is 4. The number of Topliss-reactive ketones (excluding diaryl/α,β-unsaturated/α-hetero) is 1. The lowest BCUT2D eigenvalue weighted by Gasteiger charge is -2.17. The number of carbonyl (C=O) groups is 1. The minimum absolute atomic E-state index is 0.0679. The van der Waals surface area contributed by atoms with Crippen molar-refractivity contribution in [3.63, 3.8) is 0 Å². The molecule has 0 saturated heterocycles. The summed E-state index contributed by atoms with van der Waals surface area (Å²) in [7, 11) is 1.99. The smallest absolute Gasteiger partial charge is 0.149 e. The Kier molecular flexibility index (Phi) is 14.2. The van der Waals surface area contributed by atoms with Crippen molar-refractivity contribution in [3.05, 3.63) is 0 Å². The molecule has 0 aliphatic rings. The maximum Gasteiger partial charge on any atom is 0.149 e. The van der Waals surface area contributed by atoms with E-state index in [-0.39, 0.29) is 6.04 Å². The first-order valence-corrected chi connectivity index (χ1v) is 8.79. The molecule has 0 aromatic carbocycles. The molecule has 0 rings (SSSR count). The van der Waals surface area contributed by atoms with Gasteiger partial charge in [0.1, 0.15) is 5.78 Å². The Balaban J connectivity index is 3.83. The quantitative estimate of drug-likeness (QED) is 0.407. The van der Waals surface area contributed by atoms with Gasteiger partial charge < -0.3 is 16.0 Å². The summed E-state index contributed by atoms with van der Waals surface area (Å²) in [5, 5.41) is 9.92. The highest BCUT2D eigenvalue weighted by atomic mass is 16.1. The van der Waals surface area contributed by atoms with E-state index in [0.29, 0.717) is 11.8 Å². The van der Waals surface area contributed by atoms with Crippen LogP contribution in [-0.2, 0) is 4.79 Å². The SMILES string of the molecule is CCNCCCCC(NCC)C(=O)CCCCC(C)NC. The molecule has 126 valence electrons. The Morgan fingerprint density at radius 2 is 1.71 bits per heavy atom. The van der Waals surface area contributed by atoms with E-state index in [1.165, 1.54) is 0 Å². The number of likely N-dealkylation sites (N-methyl/N-ethyl adjacent to an activating group) is 1. The summed E-state index contributed by atoms with van der Waals surface area (Å²) in [6.07, 6.45) is 7.28. The molecule has 2 atom stereocenters. The van der Waals surface area contributed by atoms with Crippen molar-refractivity contribution in [2.75, 3.05) is 26.7 Å². The molecule has 0 spiro atoms. The van der Waals surface area contributed by atoms with Gasteiger partial charge in [0.2, 0.25) is 0 Å². The molecule has 0 aromatic heterocycles. The zero-order valence-electron chi connectivity index (χ0n) is 14.6. The van der Waals surface area contributed by atoms with Crippen LogP contribution >= 0.6 is 0 Å². The van der Waals surface area contributed by atoms with Gasteiger partial charge in [-0.3, -0.25) is 4.79 Å². The maximum atomic E-state index is 12.3. The Labute approximate surface area is 131 Å². The summed E-state index contributed by atoms with van der Waals surface area (Å²) in [5.74, 6) is 0.400. The fraction of sp³-hybridized carbons (Fsp3) is 0.941. The van der Waals surface area contributed by atoms with E-state index < -0.39 is 0 Å². The van der Waals surface area contributed by atoms with Crippen LogP contribution in [0.1, 0.15) is 65.7 Å². The zero-order valence-corrected chi connectivity index (χ0v) is 14.6. The van der Waals surface area contributed by atoms with Crippen molar-refractivity contribution in [3.8, 4) is 0 Å². The molecule has 2 unspecified atom stereocenters. The zero-order chi connectivity index (χ0) is 15.9. The molecule has 4 nitrogen and oxygen atoms in total. The van der Waals surface area contributed by atoms with Crippen molar-refractivity contribution in [1.29, 1.82) is 0 Å². The van der Waals surface area contributed by atoms with Crippen molar-refractivity contribution in [1.82, 2.24) is 16.0 Å². The van der Waals surface area contributed by atoms with Gasteiger partial charge >= 0.3 is 0 Å². The molecule has 4 heteroatoms. The van der Waals surface area contributed by atoms with Crippen LogP contribution in [0.15, 0.2) is 0 Å². The van der Waals surface area contributed by atoms with E-state index in [4.69, 9.17) is 0 Å². The number of nitrogens with one attached hydrogen (secondary N) is 3. The summed E-state index contributed by atoms with van der Waals surface area (Å²) in [5.41, 5.74) is 0. The second-order valence-electron chi connectivity index (χ2n) is 5.86. The molecule has 0 aliphatic heterocycles. The van der Waals surface area contributed by atoms with Gasteiger partial charge in [-0.1, -0.05) is 26.7 Å². The van der Waals surface area contributed by atoms with E-state index in [2.05, 4.69) is 36.7 Å². The van der Waals surface area contributed by atoms with Crippen molar-refractivity contribution in [2.45, 2.75) is 77.8 Å². The molecule has 0 aromatic rings. The second-order valence-corrected chi connectivity index (χ2v) is 5.86. The van der Waals surface area contributed by atoms with Gasteiger partial charge in [-0.05, 0) is 59.3 Å². The Hall–Kier alpha value is -0.450. The predicted octanol–water partition coefficient (Wildman–Crippen LogP) is 2.48. The third-order valence-corrected chi connectivity index (χ3v) is 3.99. The fourth-order valence-corrected chi connectivity index (χ4v) is 2.47. The number of rotatable bonds is 15. The summed E-state index contributed by atoms with van der Waals surface area (Å²) < 4.78 is 0. The largest absolute Gasteiger partial charge is 0.317 e. The summed E-state index contributed by atoms with van der Waals surface area (Å²) in [4.78, 5) is 12.3. The average molecular weight is 300 g/mol. The van der Waals surface area contributed by atoms with Crippen LogP contribution < -0.4 is 16.0 Å². The molecule has 0 radical (unpaired) electrons. The second kappa shape index (κ2) is 14.5. The molecule has 0 bridgehead atoms. The fourth-order valence-electron chi connectivity index (χ4n) is 2.47. The van der Waals surface area contributed by atoms with Gasteiger partial charge in [0.05, 0.1) is 6.04 Å². The van der Waals surface area contributed by atoms with Gasteiger partial charge in [-0.2, -0.15) is 0 Å². The Bertz CT molecular complexity index is 246. The van der Waals surface area contributed by atoms with Gasteiger partial charge in [0.25, 0.3) is 0 Å². The highest BCUT2D eigenvalue weighted by molar-refractivity contribution is 5.83. The van der Waals surface area contributed by atoms with Gasteiger partial charge in [-0.15, -0.1) is 0 Å². The molecule has 0 saturated carbocycles. The normalized spacial score (nSPS) is 14.1. The molecular weight excluding hydrogens is 262 g/mol. The van der Waals surface area contributed by atoms with Crippen LogP contribution in [0.2, 0.25) is 0 Å². The lowest BCUT2D eigenvalue weighted by atomic mass is 9.99. The summed E-state index contributed by atoms with van der Waals surface area (Å²) in [6.45, 7) is 9.35. The third-order valence-electron chi connectivity index (χ3n) is 3.99. The number of carbonyl (C=O) groups excluding carboxylic acids is 1. The first kappa shape index (κ1) is 20.6. The maximum absolute atomic E-state index is 12.3. The first-order valence-electron chi connectivity index (χ1n) is 8.79. The molecular formula is C17H37N3O. The minimum atomic E-state index is 0.0679. The molecule has 21 heavy (non-hydrogen) atoms. The molecule has 0 fully saturated rings. The lowest BCUT2D eigenvalue weighted by Crippen LogP contribution is -2.36. The van der Waals surface area contributed by atoms with E-state index >= 15 is 0 Å². The van der Waals surface area contributed by atoms with Crippen LogP contribution in [0.4, 0.5) is 0 Å². The number of unbranched alkanes of at least 4 members (excludes halogenated alkanes) is 2. The Morgan fingerprint density at radius 1 is 1.00 bits per heavy atom. The van der Waals surface area contributed by atoms with E-state index in [0.717, 1.165) is 64.6 Å². The Morgan fingerprint density at radius 3 is 2.33 bits per heavy atom. The lowest BCUT2D eigenvalue weighted by molar-refractivity contribution is -0.121. The van der Waals surface area contributed by atoms with Crippen LogP contribution in [0.5, 0.6) is 0 Å². The molecule has 0 heterocycles. The van der Waals surface area contributed by atoms with Gasteiger partial charge in [-0.25, -0.2) is 0 Å². The average Bonchev–Trinajstić information content (AvgIpc) is 2.49. The van der Waals surface area contributed by atoms with Gasteiger partial charge in [0, 0.05) is 12.5 Å². The number of ketones is 1. The third kappa shape index (κ3) is 11.8. The highest BCUT2D eigenvalue weighted by Crippen LogP contribution is 2.09. The summed E-state index contributed by atoms with van der Waals surface area (Å²) in [6, 6.07) is 0.620. The van der Waals surface area contributed by atoms with Crippen LogP contribution in [0.25, 0.3) is 0 Å². The standard InChI is InChI=1S/C17H37N3O/c1-5-19-14-10-9-12-16(20-6-2)17(21)13-8-7-11-15(3)18-4/h15-16,18-20H,5-14H2,1-4H3. The predicted molar refractivity (Wildman–Crippen MR) is 91.9 cm³/mol. The minimum Gasteiger partial charge on any atom is -0.317 e. The van der Waals surface area contributed by atoms with E-state index in [9.17, 15) is 4.79 Å². The van der Waals surface area contributed by atoms with Gasteiger partial charge in [0.15, 0.2) is 0 Å².